The highest BCUT2D eigenvalue weighted by Gasteiger charge is 2.19. The lowest BCUT2D eigenvalue weighted by Gasteiger charge is -2.18. The molecule has 0 spiro atoms. The number of ether oxygens (including phenoxy) is 3. The number of hydrogen-bond acceptors (Lipinski definition) is 6. The summed E-state index contributed by atoms with van der Waals surface area (Å²) in [7, 11) is 0. The van der Waals surface area contributed by atoms with Crippen molar-refractivity contribution in [2.75, 3.05) is 13.2 Å². The molecule has 0 aliphatic carbocycles. The van der Waals surface area contributed by atoms with Crippen molar-refractivity contribution < 1.29 is 28.6 Å². The highest BCUT2D eigenvalue weighted by molar-refractivity contribution is 5.71. The molecule has 0 aromatic rings. The van der Waals surface area contributed by atoms with Gasteiger partial charge < -0.3 is 14.2 Å². The van der Waals surface area contributed by atoms with Gasteiger partial charge >= 0.3 is 17.9 Å². The van der Waals surface area contributed by atoms with Crippen LogP contribution in [0.15, 0.2) is 0 Å². The second-order valence-corrected chi connectivity index (χ2v) is 18.9. The SMILES string of the molecule is CCCCCCCC(=O)O[C@@H](COC(=O)CCCCCCCCCCCCCCCCCCCCC(C)CC)COC(=O)CCCCCCCCCCCCCC(C)C. The molecular weight excluding hydrogens is 733 g/mol. The molecule has 0 bridgehead atoms. The zero-order valence-electron chi connectivity index (χ0n) is 40.4. The molecule has 6 heteroatoms. The number of carbonyl (C=O) groups excluding carboxylic acids is 3. The summed E-state index contributed by atoms with van der Waals surface area (Å²) in [5, 5.41) is 0. The fourth-order valence-electron chi connectivity index (χ4n) is 7.96. The van der Waals surface area contributed by atoms with Gasteiger partial charge in [0, 0.05) is 19.3 Å². The van der Waals surface area contributed by atoms with E-state index in [0.717, 1.165) is 76.0 Å². The van der Waals surface area contributed by atoms with Crippen molar-refractivity contribution in [2.24, 2.45) is 11.8 Å². The first-order valence-electron chi connectivity index (χ1n) is 26.3. The summed E-state index contributed by atoms with van der Waals surface area (Å²) in [4.78, 5) is 37.6. The normalized spacial score (nSPS) is 12.5. The lowest BCUT2D eigenvalue weighted by atomic mass is 9.99. The molecule has 1 unspecified atom stereocenters. The van der Waals surface area contributed by atoms with E-state index in [1.54, 1.807) is 0 Å². The molecular formula is C53H102O6. The zero-order valence-corrected chi connectivity index (χ0v) is 40.4. The first-order valence-corrected chi connectivity index (χ1v) is 26.3. The minimum atomic E-state index is -0.759. The minimum absolute atomic E-state index is 0.0651. The second kappa shape index (κ2) is 45.9. The van der Waals surface area contributed by atoms with Crippen LogP contribution in [0.4, 0.5) is 0 Å². The van der Waals surface area contributed by atoms with E-state index < -0.39 is 6.10 Å². The smallest absolute Gasteiger partial charge is 0.306 e. The molecule has 350 valence electrons. The average Bonchev–Trinajstić information content (AvgIpc) is 3.22. The van der Waals surface area contributed by atoms with E-state index >= 15 is 0 Å². The van der Waals surface area contributed by atoms with E-state index in [2.05, 4.69) is 34.6 Å². The molecule has 0 radical (unpaired) electrons. The summed E-state index contributed by atoms with van der Waals surface area (Å²) in [5.41, 5.74) is 0. The summed E-state index contributed by atoms with van der Waals surface area (Å²) in [6.45, 7) is 11.3. The van der Waals surface area contributed by atoms with E-state index in [1.165, 1.54) is 173 Å². The monoisotopic (exact) mass is 835 g/mol. The van der Waals surface area contributed by atoms with Crippen LogP contribution in [-0.4, -0.2) is 37.2 Å². The van der Waals surface area contributed by atoms with Gasteiger partial charge in [-0.3, -0.25) is 14.4 Å². The Bertz CT molecular complexity index is 902. The van der Waals surface area contributed by atoms with E-state index in [9.17, 15) is 14.4 Å². The molecule has 59 heavy (non-hydrogen) atoms. The maximum absolute atomic E-state index is 12.6. The van der Waals surface area contributed by atoms with Gasteiger partial charge in [0.15, 0.2) is 6.10 Å². The van der Waals surface area contributed by atoms with E-state index in [-0.39, 0.29) is 31.1 Å². The van der Waals surface area contributed by atoms with Crippen molar-refractivity contribution >= 4 is 17.9 Å². The van der Waals surface area contributed by atoms with Gasteiger partial charge in [-0.2, -0.15) is 0 Å². The van der Waals surface area contributed by atoms with Crippen LogP contribution in [0.25, 0.3) is 0 Å². The van der Waals surface area contributed by atoms with Crippen molar-refractivity contribution in [1.82, 2.24) is 0 Å². The molecule has 0 aromatic carbocycles. The van der Waals surface area contributed by atoms with Gasteiger partial charge in [-0.1, -0.05) is 253 Å². The van der Waals surface area contributed by atoms with E-state index in [0.29, 0.717) is 19.3 Å². The Morgan fingerprint density at radius 3 is 0.966 bits per heavy atom. The lowest BCUT2D eigenvalue weighted by molar-refractivity contribution is -0.167. The number of esters is 3. The number of unbranched alkanes of at least 4 members (excludes halogenated alkanes) is 31. The third-order valence-corrected chi connectivity index (χ3v) is 12.3. The highest BCUT2D eigenvalue weighted by atomic mass is 16.6. The van der Waals surface area contributed by atoms with Crippen LogP contribution in [0, 0.1) is 11.8 Å². The topological polar surface area (TPSA) is 78.9 Å². The second-order valence-electron chi connectivity index (χ2n) is 18.9. The van der Waals surface area contributed by atoms with Crippen LogP contribution in [0.5, 0.6) is 0 Å². The summed E-state index contributed by atoms with van der Waals surface area (Å²) >= 11 is 0. The lowest BCUT2D eigenvalue weighted by Crippen LogP contribution is -2.30. The standard InChI is InChI=1S/C53H102O6/c1-6-8-9-31-40-45-53(56)59-50(47-58-52(55)44-39-35-30-26-22-18-19-23-27-32-36-41-48(3)4)46-57-51(54)43-38-34-29-25-21-17-15-13-11-10-12-14-16-20-24-28-33-37-42-49(5)7-2/h48-50H,6-47H2,1-5H3/t49?,50-/m0/s1. The van der Waals surface area contributed by atoms with Gasteiger partial charge in [0.25, 0.3) is 0 Å². The predicted octanol–water partition coefficient (Wildman–Crippen LogP) is 16.9. The zero-order chi connectivity index (χ0) is 43.3. The molecule has 0 amide bonds. The third-order valence-electron chi connectivity index (χ3n) is 12.3. The van der Waals surface area contributed by atoms with E-state index in [1.807, 2.05) is 0 Å². The van der Waals surface area contributed by atoms with Crippen LogP contribution >= 0.6 is 0 Å². The fourth-order valence-corrected chi connectivity index (χ4v) is 7.96. The largest absolute Gasteiger partial charge is 0.462 e. The Labute approximate surface area is 368 Å². The summed E-state index contributed by atoms with van der Waals surface area (Å²) in [6.07, 6.45) is 47.0. The maximum atomic E-state index is 12.6. The van der Waals surface area contributed by atoms with E-state index in [4.69, 9.17) is 14.2 Å². The Morgan fingerprint density at radius 2 is 0.644 bits per heavy atom. The number of rotatable bonds is 47. The molecule has 0 heterocycles. The van der Waals surface area contributed by atoms with Crippen LogP contribution in [0.1, 0.15) is 291 Å². The van der Waals surface area contributed by atoms with Crippen LogP contribution in [0.2, 0.25) is 0 Å². The first kappa shape index (κ1) is 57.4. The van der Waals surface area contributed by atoms with Crippen LogP contribution in [-0.2, 0) is 28.6 Å². The first-order chi connectivity index (χ1) is 28.8. The van der Waals surface area contributed by atoms with Crippen molar-refractivity contribution in [3.8, 4) is 0 Å². The van der Waals surface area contributed by atoms with Crippen molar-refractivity contribution in [3.63, 3.8) is 0 Å². The highest BCUT2D eigenvalue weighted by Crippen LogP contribution is 2.18. The molecule has 0 rings (SSSR count). The summed E-state index contributed by atoms with van der Waals surface area (Å²) in [5.74, 6) is 0.874. The van der Waals surface area contributed by atoms with Crippen molar-refractivity contribution in [1.29, 1.82) is 0 Å². The molecule has 0 aliphatic heterocycles. The van der Waals surface area contributed by atoms with Crippen LogP contribution < -0.4 is 0 Å². The molecule has 0 N–H and O–H groups in total. The Balaban J connectivity index is 4.01. The van der Waals surface area contributed by atoms with Crippen molar-refractivity contribution in [2.45, 2.75) is 298 Å². The van der Waals surface area contributed by atoms with Crippen LogP contribution in [0.3, 0.4) is 0 Å². The predicted molar refractivity (Wildman–Crippen MR) is 252 cm³/mol. The number of hydrogen-bond donors (Lipinski definition) is 0. The molecule has 0 saturated heterocycles. The van der Waals surface area contributed by atoms with Gasteiger partial charge in [0.05, 0.1) is 0 Å². The van der Waals surface area contributed by atoms with Gasteiger partial charge in [0.2, 0.25) is 0 Å². The molecule has 0 aromatic heterocycles. The fraction of sp³-hybridized carbons (Fsp3) is 0.943. The molecule has 0 fully saturated rings. The third kappa shape index (κ3) is 45.8. The van der Waals surface area contributed by atoms with Gasteiger partial charge in [-0.15, -0.1) is 0 Å². The quantitative estimate of drug-likeness (QED) is 0.0345. The van der Waals surface area contributed by atoms with Gasteiger partial charge in [0.1, 0.15) is 13.2 Å². The Hall–Kier alpha value is -1.59. The molecule has 2 atom stereocenters. The minimum Gasteiger partial charge on any atom is -0.462 e. The van der Waals surface area contributed by atoms with Gasteiger partial charge in [-0.25, -0.2) is 0 Å². The molecule has 0 saturated carbocycles. The Morgan fingerprint density at radius 1 is 0.356 bits per heavy atom. The number of carbonyl (C=O) groups is 3. The average molecular weight is 835 g/mol. The maximum Gasteiger partial charge on any atom is 0.306 e. The molecule has 6 nitrogen and oxygen atoms in total. The Kier molecular flexibility index (Phi) is 44.7. The summed E-state index contributed by atoms with van der Waals surface area (Å²) < 4.78 is 16.7. The summed E-state index contributed by atoms with van der Waals surface area (Å²) in [6, 6.07) is 0. The van der Waals surface area contributed by atoms with Crippen molar-refractivity contribution in [3.05, 3.63) is 0 Å². The molecule has 0 aliphatic rings. The van der Waals surface area contributed by atoms with Gasteiger partial charge in [-0.05, 0) is 31.1 Å².